The van der Waals surface area contributed by atoms with Gasteiger partial charge in [0.05, 0.1) is 12.6 Å². The van der Waals surface area contributed by atoms with Crippen LogP contribution in [0.15, 0.2) is 24.3 Å². The molecule has 0 amide bonds. The number of aliphatic hydroxyl groups excluding tert-OH is 1. The van der Waals surface area contributed by atoms with Crippen LogP contribution in [0.3, 0.4) is 0 Å². The fourth-order valence-electron chi connectivity index (χ4n) is 2.10. The second kappa shape index (κ2) is 5.63. The number of ketones is 1. The summed E-state index contributed by atoms with van der Waals surface area (Å²) in [5.74, 6) is 0.0794. The topological polar surface area (TPSA) is 40.5 Å². The number of β-amino-alcohol motifs (C(OH)–C–C–N with tert-alkyl or cyclic N) is 1. The molecule has 0 saturated carbocycles. The van der Waals surface area contributed by atoms with Crippen LogP contribution in [0.2, 0.25) is 5.02 Å². The second-order valence-corrected chi connectivity index (χ2v) is 4.90. The predicted octanol–water partition coefficient (Wildman–Crippen LogP) is 1.98. The Kier molecular flexibility index (Phi) is 4.15. The maximum Gasteiger partial charge on any atom is 0.176 e. The highest BCUT2D eigenvalue weighted by atomic mass is 35.5. The third-order valence-corrected chi connectivity index (χ3v) is 3.27. The summed E-state index contributed by atoms with van der Waals surface area (Å²) in [5.41, 5.74) is 0.675. The van der Waals surface area contributed by atoms with Crippen molar-refractivity contribution in [1.82, 2.24) is 4.90 Å². The number of hydrogen-bond acceptors (Lipinski definition) is 3. The van der Waals surface area contributed by atoms with Gasteiger partial charge in [0.1, 0.15) is 0 Å². The van der Waals surface area contributed by atoms with Crippen LogP contribution in [-0.4, -0.2) is 41.5 Å². The molecule has 17 heavy (non-hydrogen) atoms. The van der Waals surface area contributed by atoms with Gasteiger partial charge in [-0.1, -0.05) is 11.6 Å². The molecule has 1 saturated heterocycles. The van der Waals surface area contributed by atoms with Gasteiger partial charge in [-0.3, -0.25) is 9.69 Å². The van der Waals surface area contributed by atoms with Crippen molar-refractivity contribution in [2.45, 2.75) is 18.9 Å². The first-order chi connectivity index (χ1) is 8.15. The summed E-state index contributed by atoms with van der Waals surface area (Å²) in [6.45, 7) is 1.86. The molecule has 1 aromatic rings. The lowest BCUT2D eigenvalue weighted by atomic mass is 10.1. The Morgan fingerprint density at radius 1 is 1.41 bits per heavy atom. The molecular weight excluding hydrogens is 238 g/mol. The van der Waals surface area contributed by atoms with E-state index in [9.17, 15) is 9.90 Å². The summed E-state index contributed by atoms with van der Waals surface area (Å²) < 4.78 is 0. The zero-order chi connectivity index (χ0) is 12.3. The quantitative estimate of drug-likeness (QED) is 0.838. The van der Waals surface area contributed by atoms with E-state index in [1.165, 1.54) is 0 Å². The van der Waals surface area contributed by atoms with Crippen molar-refractivity contribution in [3.8, 4) is 0 Å². The molecule has 0 aromatic heterocycles. The van der Waals surface area contributed by atoms with Gasteiger partial charge in [0, 0.05) is 17.1 Å². The first kappa shape index (κ1) is 12.6. The number of nitrogens with zero attached hydrogens (tertiary/aromatic N) is 1. The van der Waals surface area contributed by atoms with Crippen molar-refractivity contribution < 1.29 is 9.90 Å². The van der Waals surface area contributed by atoms with Gasteiger partial charge in [-0.15, -0.1) is 0 Å². The van der Waals surface area contributed by atoms with E-state index in [1.54, 1.807) is 24.3 Å². The number of piperidine rings is 1. The number of carbonyl (C=O) groups is 1. The average Bonchev–Trinajstić information content (AvgIpc) is 2.29. The molecule has 0 aliphatic carbocycles. The molecule has 92 valence electrons. The smallest absolute Gasteiger partial charge is 0.176 e. The maximum atomic E-state index is 12.0. The van der Waals surface area contributed by atoms with Crippen LogP contribution < -0.4 is 0 Å². The van der Waals surface area contributed by atoms with Gasteiger partial charge in [-0.05, 0) is 43.7 Å². The van der Waals surface area contributed by atoms with Crippen LogP contribution in [0.25, 0.3) is 0 Å². The largest absolute Gasteiger partial charge is 0.392 e. The molecule has 1 aliphatic heterocycles. The molecule has 4 heteroatoms. The van der Waals surface area contributed by atoms with Crippen LogP contribution >= 0.6 is 11.6 Å². The predicted molar refractivity (Wildman–Crippen MR) is 67.5 cm³/mol. The molecule has 1 fully saturated rings. The number of hydrogen-bond donors (Lipinski definition) is 1. The van der Waals surface area contributed by atoms with Crippen molar-refractivity contribution in [3.63, 3.8) is 0 Å². The number of Topliss-reactive ketones (excluding diaryl/α,β-unsaturated/α-hetero) is 1. The standard InChI is InChI=1S/C13H16ClNO2/c14-11-5-3-10(4-6-11)13(17)9-15-7-1-2-12(16)8-15/h3-6,12,16H,1-2,7-9H2/t12-/m1/s1. The Hall–Kier alpha value is -0.900. The molecule has 0 unspecified atom stereocenters. The van der Waals surface area contributed by atoms with Crippen LogP contribution in [0.5, 0.6) is 0 Å². The molecule has 1 N–H and O–H groups in total. The molecule has 1 aliphatic rings. The van der Waals surface area contributed by atoms with Crippen LogP contribution in [0, 0.1) is 0 Å². The normalized spacial score (nSPS) is 21.4. The van der Waals surface area contributed by atoms with E-state index in [2.05, 4.69) is 0 Å². The Morgan fingerprint density at radius 3 is 2.76 bits per heavy atom. The highest BCUT2D eigenvalue weighted by Gasteiger charge is 2.20. The van der Waals surface area contributed by atoms with Gasteiger partial charge >= 0.3 is 0 Å². The van der Waals surface area contributed by atoms with Crippen molar-refractivity contribution in [2.24, 2.45) is 0 Å². The monoisotopic (exact) mass is 253 g/mol. The van der Waals surface area contributed by atoms with E-state index < -0.39 is 0 Å². The van der Waals surface area contributed by atoms with Gasteiger partial charge in [-0.2, -0.15) is 0 Å². The summed E-state index contributed by atoms with van der Waals surface area (Å²) in [6.07, 6.45) is 1.50. The van der Waals surface area contributed by atoms with Crippen molar-refractivity contribution in [2.75, 3.05) is 19.6 Å². The maximum absolute atomic E-state index is 12.0. The van der Waals surface area contributed by atoms with E-state index in [-0.39, 0.29) is 11.9 Å². The Labute approximate surface area is 106 Å². The van der Waals surface area contributed by atoms with Crippen LogP contribution in [0.1, 0.15) is 23.2 Å². The molecule has 3 nitrogen and oxygen atoms in total. The fraction of sp³-hybridized carbons (Fsp3) is 0.462. The number of halogens is 1. The van der Waals surface area contributed by atoms with E-state index in [1.807, 2.05) is 4.90 Å². The Morgan fingerprint density at radius 2 is 2.12 bits per heavy atom. The lowest BCUT2D eigenvalue weighted by molar-refractivity contribution is 0.0634. The van der Waals surface area contributed by atoms with Gasteiger partial charge in [0.2, 0.25) is 0 Å². The third-order valence-electron chi connectivity index (χ3n) is 3.01. The minimum atomic E-state index is -0.290. The molecule has 1 atom stereocenters. The summed E-state index contributed by atoms with van der Waals surface area (Å²) >= 11 is 5.77. The number of carbonyl (C=O) groups excluding carboxylic acids is 1. The Balaban J connectivity index is 1.94. The number of rotatable bonds is 3. The van der Waals surface area contributed by atoms with E-state index >= 15 is 0 Å². The fourth-order valence-corrected chi connectivity index (χ4v) is 2.23. The molecule has 2 rings (SSSR count). The lowest BCUT2D eigenvalue weighted by Crippen LogP contribution is -2.41. The van der Waals surface area contributed by atoms with Crippen LogP contribution in [0.4, 0.5) is 0 Å². The molecule has 0 radical (unpaired) electrons. The van der Waals surface area contributed by atoms with Crippen molar-refractivity contribution >= 4 is 17.4 Å². The van der Waals surface area contributed by atoms with Gasteiger partial charge in [0.25, 0.3) is 0 Å². The highest BCUT2D eigenvalue weighted by molar-refractivity contribution is 6.30. The average molecular weight is 254 g/mol. The lowest BCUT2D eigenvalue weighted by Gasteiger charge is -2.29. The minimum absolute atomic E-state index is 0.0794. The SMILES string of the molecule is O=C(CN1CCC[C@@H](O)C1)c1ccc(Cl)cc1. The second-order valence-electron chi connectivity index (χ2n) is 4.46. The number of aliphatic hydroxyl groups is 1. The first-order valence-corrected chi connectivity index (χ1v) is 6.22. The molecular formula is C13H16ClNO2. The zero-order valence-electron chi connectivity index (χ0n) is 9.60. The number of benzene rings is 1. The van der Waals surface area contributed by atoms with E-state index in [0.29, 0.717) is 23.7 Å². The molecule has 1 aromatic carbocycles. The zero-order valence-corrected chi connectivity index (χ0v) is 10.4. The minimum Gasteiger partial charge on any atom is -0.392 e. The first-order valence-electron chi connectivity index (χ1n) is 5.84. The van der Waals surface area contributed by atoms with Crippen molar-refractivity contribution in [3.05, 3.63) is 34.9 Å². The molecule has 0 spiro atoms. The molecule has 1 heterocycles. The van der Waals surface area contributed by atoms with E-state index in [4.69, 9.17) is 11.6 Å². The van der Waals surface area contributed by atoms with Crippen LogP contribution in [-0.2, 0) is 0 Å². The van der Waals surface area contributed by atoms with Gasteiger partial charge in [0.15, 0.2) is 5.78 Å². The summed E-state index contributed by atoms with van der Waals surface area (Å²) in [5, 5.41) is 10.2. The highest BCUT2D eigenvalue weighted by Crippen LogP contribution is 2.13. The molecule has 0 bridgehead atoms. The summed E-state index contributed by atoms with van der Waals surface area (Å²) in [4.78, 5) is 14.0. The van der Waals surface area contributed by atoms with E-state index in [0.717, 1.165) is 19.4 Å². The summed E-state index contributed by atoms with van der Waals surface area (Å²) in [7, 11) is 0. The Bertz CT molecular complexity index is 391. The van der Waals surface area contributed by atoms with Gasteiger partial charge < -0.3 is 5.11 Å². The summed E-state index contributed by atoms with van der Waals surface area (Å²) in [6, 6.07) is 6.93. The third kappa shape index (κ3) is 3.53. The number of likely N-dealkylation sites (tertiary alicyclic amines) is 1. The van der Waals surface area contributed by atoms with Crippen molar-refractivity contribution in [1.29, 1.82) is 0 Å². The van der Waals surface area contributed by atoms with Gasteiger partial charge in [-0.25, -0.2) is 0 Å².